The Morgan fingerprint density at radius 3 is 2.50 bits per heavy atom. The van der Waals surface area contributed by atoms with E-state index < -0.39 is 32.8 Å². The normalized spacial score (nSPS) is 11.3. The van der Waals surface area contributed by atoms with Gasteiger partial charge in [0.2, 0.25) is 0 Å². The van der Waals surface area contributed by atoms with Crippen LogP contribution in [0.2, 0.25) is 0 Å². The summed E-state index contributed by atoms with van der Waals surface area (Å²) in [5.74, 6) is 2.10. The first-order chi connectivity index (χ1) is 17.3. The van der Waals surface area contributed by atoms with E-state index in [1.165, 1.54) is 36.7 Å². The molecular formula is C26H15F3N4O2S. The average Bonchev–Trinajstić information content (AvgIpc) is 3.30. The highest BCUT2D eigenvalue weighted by Crippen LogP contribution is 2.26. The largest absolute Gasteiger partial charge is 0.275 e. The van der Waals surface area contributed by atoms with Gasteiger partial charge in [0.1, 0.15) is 17.5 Å². The number of aromatic nitrogens is 4. The molecule has 3 aromatic heterocycles. The van der Waals surface area contributed by atoms with Crippen LogP contribution < -0.4 is 0 Å². The number of fused-ring (bicyclic) bond motifs is 1. The molecule has 178 valence electrons. The fourth-order valence-corrected chi connectivity index (χ4v) is 4.89. The first-order valence-electron chi connectivity index (χ1n) is 10.5. The zero-order chi connectivity index (χ0) is 25.3. The molecule has 0 atom stereocenters. The van der Waals surface area contributed by atoms with Crippen LogP contribution in [-0.4, -0.2) is 28.6 Å². The van der Waals surface area contributed by atoms with Crippen molar-refractivity contribution in [1.82, 2.24) is 20.2 Å². The van der Waals surface area contributed by atoms with Crippen LogP contribution in [-0.2, 0) is 15.6 Å². The van der Waals surface area contributed by atoms with Gasteiger partial charge in [0.25, 0.3) is 0 Å². The Balaban J connectivity index is 1.49. The Morgan fingerprint density at radius 2 is 1.75 bits per heavy atom. The van der Waals surface area contributed by atoms with Gasteiger partial charge in [-0.25, -0.2) is 26.6 Å². The lowest BCUT2D eigenvalue weighted by atomic mass is 10.1. The Bertz CT molecular complexity index is 1760. The second kappa shape index (κ2) is 9.28. The molecule has 0 aliphatic heterocycles. The third-order valence-corrected chi connectivity index (χ3v) is 7.04. The molecule has 0 bridgehead atoms. The van der Waals surface area contributed by atoms with E-state index in [2.05, 4.69) is 32.0 Å². The molecule has 0 unspecified atom stereocenters. The van der Waals surface area contributed by atoms with Crippen molar-refractivity contribution in [2.45, 2.75) is 10.6 Å². The van der Waals surface area contributed by atoms with Crippen LogP contribution in [0, 0.1) is 29.3 Å². The number of halogens is 3. The van der Waals surface area contributed by atoms with E-state index in [-0.39, 0.29) is 16.3 Å². The number of sulfone groups is 1. The molecule has 0 radical (unpaired) electrons. The summed E-state index contributed by atoms with van der Waals surface area (Å²) in [5.41, 5.74) is 1.22. The van der Waals surface area contributed by atoms with Crippen molar-refractivity contribution in [2.75, 3.05) is 0 Å². The molecule has 0 saturated carbocycles. The Kier molecular flexibility index (Phi) is 6.00. The van der Waals surface area contributed by atoms with E-state index in [0.29, 0.717) is 27.9 Å². The minimum absolute atomic E-state index is 0.0715. The highest BCUT2D eigenvalue weighted by atomic mass is 32.2. The van der Waals surface area contributed by atoms with E-state index in [1.54, 1.807) is 18.2 Å². The average molecular weight is 504 g/mol. The summed E-state index contributed by atoms with van der Waals surface area (Å²) < 4.78 is 68.1. The van der Waals surface area contributed by atoms with Gasteiger partial charge in [0.15, 0.2) is 15.5 Å². The van der Waals surface area contributed by atoms with Gasteiger partial charge in [-0.3, -0.25) is 10.1 Å². The first kappa shape index (κ1) is 23.3. The number of nitrogens with one attached hydrogen (secondary N) is 1. The van der Waals surface area contributed by atoms with Gasteiger partial charge in [0.05, 0.1) is 21.9 Å². The highest BCUT2D eigenvalue weighted by molar-refractivity contribution is 7.90. The number of rotatable bonds is 4. The molecule has 0 amide bonds. The number of pyridine rings is 2. The zero-order valence-corrected chi connectivity index (χ0v) is 19.2. The van der Waals surface area contributed by atoms with E-state index in [1.807, 2.05) is 0 Å². The maximum absolute atomic E-state index is 15.1. The van der Waals surface area contributed by atoms with Gasteiger partial charge in [-0.2, -0.15) is 5.10 Å². The molecule has 5 aromatic rings. The smallest absolute Gasteiger partial charge is 0.184 e. The molecular weight excluding hydrogens is 489 g/mol. The summed E-state index contributed by atoms with van der Waals surface area (Å²) in [6.07, 6.45) is 3.98. The fraction of sp³-hybridized carbons (Fsp3) is 0.0385. The Morgan fingerprint density at radius 1 is 0.944 bits per heavy atom. The van der Waals surface area contributed by atoms with Crippen LogP contribution in [0.5, 0.6) is 0 Å². The molecule has 0 aliphatic carbocycles. The van der Waals surface area contributed by atoms with Crippen molar-refractivity contribution >= 4 is 20.9 Å². The summed E-state index contributed by atoms with van der Waals surface area (Å²) >= 11 is 0. The molecule has 0 fully saturated rings. The zero-order valence-electron chi connectivity index (χ0n) is 18.3. The SMILES string of the molecule is O=S(=O)(Cc1ccc(F)c(C#Cc2cnc3n[nH]c(-c4ccc(F)cc4)c3c2)c1F)c1cccnc1. The number of H-pyrrole nitrogens is 1. The van der Waals surface area contributed by atoms with Gasteiger partial charge in [0, 0.05) is 40.7 Å². The number of nitrogens with zero attached hydrogens (tertiary/aromatic N) is 3. The molecule has 0 spiro atoms. The minimum Gasteiger partial charge on any atom is -0.275 e. The third-order valence-electron chi connectivity index (χ3n) is 5.38. The summed E-state index contributed by atoms with van der Waals surface area (Å²) in [6.45, 7) is 0. The monoisotopic (exact) mass is 504 g/mol. The van der Waals surface area contributed by atoms with Gasteiger partial charge >= 0.3 is 0 Å². The molecule has 3 heterocycles. The summed E-state index contributed by atoms with van der Waals surface area (Å²) in [5, 5.41) is 7.55. The number of benzene rings is 2. The predicted molar refractivity (Wildman–Crippen MR) is 127 cm³/mol. The lowest BCUT2D eigenvalue weighted by Gasteiger charge is -2.07. The van der Waals surface area contributed by atoms with Gasteiger partial charge in [-0.15, -0.1) is 0 Å². The fourth-order valence-electron chi connectivity index (χ4n) is 3.58. The van der Waals surface area contributed by atoms with Crippen LogP contribution in [0.15, 0.2) is 78.1 Å². The van der Waals surface area contributed by atoms with Crippen molar-refractivity contribution in [2.24, 2.45) is 0 Å². The summed E-state index contributed by atoms with van der Waals surface area (Å²) in [4.78, 5) is 7.91. The van der Waals surface area contributed by atoms with Gasteiger partial charge in [-0.05, 0) is 48.5 Å². The van der Waals surface area contributed by atoms with E-state index in [9.17, 15) is 17.2 Å². The van der Waals surface area contributed by atoms with Crippen molar-refractivity contribution in [3.05, 3.63) is 107 Å². The van der Waals surface area contributed by atoms with E-state index in [4.69, 9.17) is 0 Å². The highest BCUT2D eigenvalue weighted by Gasteiger charge is 2.20. The standard InChI is InChI=1S/C26H15F3N4O2S/c27-19-7-4-17(5-8-19)25-22-12-16(13-31-26(22)33-32-25)3-9-21-23(28)10-6-18(24(21)29)15-36(34,35)20-2-1-11-30-14-20/h1-2,4-8,10-14H,15H2,(H,31,32,33). The van der Waals surface area contributed by atoms with Crippen molar-refractivity contribution in [3.8, 4) is 23.1 Å². The van der Waals surface area contributed by atoms with Crippen LogP contribution in [0.1, 0.15) is 16.7 Å². The van der Waals surface area contributed by atoms with Gasteiger partial charge < -0.3 is 0 Å². The Hall–Kier alpha value is -4.49. The minimum atomic E-state index is -3.90. The van der Waals surface area contributed by atoms with Crippen molar-refractivity contribution in [3.63, 3.8) is 0 Å². The molecule has 36 heavy (non-hydrogen) atoms. The summed E-state index contributed by atoms with van der Waals surface area (Å²) in [6, 6.07) is 12.3. The molecule has 0 aliphatic rings. The molecule has 2 aromatic carbocycles. The van der Waals surface area contributed by atoms with Gasteiger partial charge in [-0.1, -0.05) is 17.9 Å². The molecule has 5 rings (SSSR count). The van der Waals surface area contributed by atoms with Crippen LogP contribution in [0.4, 0.5) is 13.2 Å². The van der Waals surface area contributed by atoms with E-state index >= 15 is 4.39 Å². The first-order valence-corrected chi connectivity index (χ1v) is 12.2. The lowest BCUT2D eigenvalue weighted by Crippen LogP contribution is -2.08. The molecule has 0 saturated heterocycles. The lowest BCUT2D eigenvalue weighted by molar-refractivity contribution is 0.565. The Labute approximate surface area is 203 Å². The maximum Gasteiger partial charge on any atom is 0.184 e. The number of aromatic amines is 1. The quantitative estimate of drug-likeness (QED) is 0.355. The number of hydrogen-bond donors (Lipinski definition) is 1. The van der Waals surface area contributed by atoms with Crippen LogP contribution in [0.3, 0.4) is 0 Å². The maximum atomic E-state index is 15.1. The van der Waals surface area contributed by atoms with Crippen molar-refractivity contribution in [1.29, 1.82) is 0 Å². The molecule has 6 nitrogen and oxygen atoms in total. The van der Waals surface area contributed by atoms with Crippen molar-refractivity contribution < 1.29 is 21.6 Å². The second-order valence-electron chi connectivity index (χ2n) is 7.79. The van der Waals surface area contributed by atoms with Crippen LogP contribution in [0.25, 0.3) is 22.3 Å². The summed E-state index contributed by atoms with van der Waals surface area (Å²) in [7, 11) is -3.90. The second-order valence-corrected chi connectivity index (χ2v) is 9.78. The third kappa shape index (κ3) is 4.56. The molecule has 1 N–H and O–H groups in total. The topological polar surface area (TPSA) is 88.6 Å². The molecule has 10 heteroatoms. The van der Waals surface area contributed by atoms with E-state index in [0.717, 1.165) is 18.3 Å². The predicted octanol–water partition coefficient (Wildman–Crippen LogP) is 4.81. The van der Waals surface area contributed by atoms with Crippen LogP contribution >= 0.6 is 0 Å². The number of hydrogen-bond acceptors (Lipinski definition) is 5.